The Morgan fingerprint density at radius 3 is 2.06 bits per heavy atom. The smallest absolute Gasteiger partial charge is 0.269 e. The fraction of sp³-hybridized carbons (Fsp3) is 0.326. The number of nitrogens with zero attached hydrogens (tertiary/aromatic N) is 7. The van der Waals surface area contributed by atoms with Crippen LogP contribution in [0.4, 0.5) is 20.4 Å². The van der Waals surface area contributed by atoms with Crippen molar-refractivity contribution in [1.82, 2.24) is 44.2 Å². The number of hydrogen-bond donors (Lipinski definition) is 6. The van der Waals surface area contributed by atoms with E-state index < -0.39 is 21.7 Å². The lowest BCUT2D eigenvalue weighted by atomic mass is 9.91. The Morgan fingerprint density at radius 1 is 0.812 bits per heavy atom. The van der Waals surface area contributed by atoms with E-state index in [9.17, 15) is 22.0 Å². The number of carbonyl (C=O) groups excluding carboxylic acids is 1. The summed E-state index contributed by atoms with van der Waals surface area (Å²) < 4.78 is 57.0. The number of aromatic amines is 1. The molecule has 16 nitrogen and oxygen atoms in total. The van der Waals surface area contributed by atoms with Gasteiger partial charge in [0.25, 0.3) is 10.0 Å². The van der Waals surface area contributed by atoms with Crippen LogP contribution in [0, 0.1) is 18.6 Å². The van der Waals surface area contributed by atoms with Crippen molar-refractivity contribution in [2.45, 2.75) is 87.4 Å². The Hall–Kier alpha value is -5.86. The van der Waals surface area contributed by atoms with Crippen molar-refractivity contribution in [1.29, 1.82) is 0 Å². The van der Waals surface area contributed by atoms with Crippen molar-refractivity contribution >= 4 is 72.8 Å². The first-order chi connectivity index (χ1) is 30.7. The van der Waals surface area contributed by atoms with Crippen LogP contribution in [0.15, 0.2) is 78.5 Å². The van der Waals surface area contributed by atoms with Crippen LogP contribution in [0.25, 0.3) is 44.8 Å². The molecule has 7 aromatic rings. The second kappa shape index (κ2) is 19.1. The number of primary amides is 1. The molecule has 334 valence electrons. The van der Waals surface area contributed by atoms with E-state index in [2.05, 4.69) is 50.8 Å². The number of anilines is 2. The SMILES string of the molecule is Cc1ccc(S(=O)(=O)n2cc(-c3ncc(F)c(N[C@H]4CCC[C@@H](N)C4)n3)c3cc(Cl)cnc32)cc1.NC(=O)CN[C@@H]1CCC[C@H](Nc2nc(-c3c[nH]c4ncc(Cl)cc34)ncc2F)C1. The van der Waals surface area contributed by atoms with E-state index in [1.807, 2.05) is 6.92 Å². The molecule has 2 saturated carbocycles. The molecule has 6 heterocycles. The minimum Gasteiger partial charge on any atom is -0.369 e. The Labute approximate surface area is 377 Å². The van der Waals surface area contributed by atoms with E-state index in [-0.39, 0.29) is 64.6 Å². The van der Waals surface area contributed by atoms with Gasteiger partial charge in [-0.2, -0.15) is 0 Å². The molecule has 4 atom stereocenters. The minimum absolute atomic E-state index is 0.00429. The number of H-pyrrole nitrogens is 1. The van der Waals surface area contributed by atoms with Crippen LogP contribution < -0.4 is 27.4 Å². The number of amides is 1. The molecule has 0 aliphatic heterocycles. The third kappa shape index (κ3) is 10.1. The molecule has 21 heteroatoms. The Balaban J connectivity index is 0.000000178. The second-order valence-electron chi connectivity index (χ2n) is 16.0. The maximum Gasteiger partial charge on any atom is 0.269 e. The highest BCUT2D eigenvalue weighted by Crippen LogP contribution is 2.34. The molecule has 0 unspecified atom stereocenters. The molecule has 2 aliphatic rings. The summed E-state index contributed by atoms with van der Waals surface area (Å²) >= 11 is 12.2. The van der Waals surface area contributed by atoms with Crippen LogP contribution >= 0.6 is 23.2 Å². The average Bonchev–Trinajstić information content (AvgIpc) is 3.87. The normalized spacial score (nSPS) is 19.0. The fourth-order valence-electron chi connectivity index (χ4n) is 8.09. The average molecular weight is 933 g/mol. The number of pyridine rings is 2. The van der Waals surface area contributed by atoms with Gasteiger partial charge in [0, 0.05) is 70.9 Å². The molecule has 0 radical (unpaired) electrons. The number of aromatic nitrogens is 8. The number of benzene rings is 1. The number of nitrogens with one attached hydrogen (secondary N) is 4. The number of rotatable bonds is 11. The number of fused-ring (bicyclic) bond motifs is 2. The topological polar surface area (TPSA) is 237 Å². The van der Waals surface area contributed by atoms with E-state index in [0.29, 0.717) is 44.5 Å². The van der Waals surface area contributed by atoms with Gasteiger partial charge in [-0.1, -0.05) is 40.9 Å². The van der Waals surface area contributed by atoms with Crippen LogP contribution in [0.1, 0.15) is 56.9 Å². The monoisotopic (exact) mass is 931 g/mol. The summed E-state index contributed by atoms with van der Waals surface area (Å²) in [4.78, 5) is 39.7. The zero-order valence-corrected chi connectivity index (χ0v) is 36.9. The van der Waals surface area contributed by atoms with Gasteiger partial charge in [-0.3, -0.25) is 4.79 Å². The molecule has 8 N–H and O–H groups in total. The molecule has 6 aromatic heterocycles. The van der Waals surface area contributed by atoms with Crippen LogP contribution in [-0.4, -0.2) is 83.9 Å². The Kier molecular flexibility index (Phi) is 13.3. The van der Waals surface area contributed by atoms with Gasteiger partial charge < -0.3 is 32.4 Å². The number of nitrogens with two attached hydrogens (primary N) is 2. The van der Waals surface area contributed by atoms with Crippen molar-refractivity contribution in [3.63, 3.8) is 0 Å². The summed E-state index contributed by atoms with van der Waals surface area (Å²) in [6.45, 7) is 2.02. The Bertz CT molecular complexity index is 2940. The zero-order valence-electron chi connectivity index (χ0n) is 34.5. The van der Waals surface area contributed by atoms with Crippen LogP contribution in [0.3, 0.4) is 0 Å². The van der Waals surface area contributed by atoms with Gasteiger partial charge in [0.05, 0.1) is 33.9 Å². The summed E-state index contributed by atoms with van der Waals surface area (Å²) in [6, 6.07) is 10.1. The van der Waals surface area contributed by atoms with Crippen molar-refractivity contribution in [3.05, 3.63) is 101 Å². The summed E-state index contributed by atoms with van der Waals surface area (Å²) in [5, 5.41) is 11.5. The van der Waals surface area contributed by atoms with E-state index in [4.69, 9.17) is 34.7 Å². The first-order valence-corrected chi connectivity index (χ1v) is 22.9. The number of aryl methyl sites for hydroxylation is 1. The molecule has 2 fully saturated rings. The van der Waals surface area contributed by atoms with Gasteiger partial charge in [0.2, 0.25) is 5.91 Å². The first-order valence-electron chi connectivity index (χ1n) is 20.7. The number of halogens is 4. The van der Waals surface area contributed by atoms with Gasteiger partial charge in [-0.15, -0.1) is 0 Å². The first kappa shape index (κ1) is 44.7. The van der Waals surface area contributed by atoms with Crippen molar-refractivity contribution < 1.29 is 22.0 Å². The third-order valence-corrected chi connectivity index (χ3v) is 13.3. The predicted octanol–water partition coefficient (Wildman–Crippen LogP) is 7.12. The quantitative estimate of drug-likeness (QED) is 0.0759. The maximum absolute atomic E-state index is 14.6. The van der Waals surface area contributed by atoms with Gasteiger partial charge >= 0.3 is 0 Å². The molecule has 0 saturated heterocycles. The lowest BCUT2D eigenvalue weighted by Crippen LogP contribution is -2.42. The standard InChI is InChI=1S/C24H24ClFN6O2S.C19H21ClFN7O/c1-14-5-7-18(8-6-14)35(33,34)32-13-20(19-9-15(25)11-29-24(19)32)22-28-12-21(26)23(31-22)30-17-4-2-3-16(27)10-17;20-10-4-13-14(7-25-17(13)24-6-10)18-26-8-15(21)19(28-18)27-12-3-1-2-11(5-12)23-9-16(22)29/h5-9,11-13,16-17H,2-4,10,27H2,1H3,(H,28,30,31);4,6-8,11-12,23H,1-3,5,9H2,(H2,22,29)(H,24,25)(H,26,27,28)/t16-,17+;11-,12+/m11/s1. The van der Waals surface area contributed by atoms with Crippen molar-refractivity contribution in [3.8, 4) is 22.8 Å². The molecule has 2 aliphatic carbocycles. The molecule has 0 bridgehead atoms. The highest BCUT2D eigenvalue weighted by molar-refractivity contribution is 7.90. The summed E-state index contributed by atoms with van der Waals surface area (Å²) in [5.74, 6) is -0.771. The highest BCUT2D eigenvalue weighted by Gasteiger charge is 2.27. The molecular formula is C43H45Cl2F2N13O3S. The molecule has 9 rings (SSSR count). The van der Waals surface area contributed by atoms with Crippen molar-refractivity contribution in [2.75, 3.05) is 17.2 Å². The predicted molar refractivity (Wildman–Crippen MR) is 242 cm³/mol. The van der Waals surface area contributed by atoms with E-state index >= 15 is 0 Å². The van der Waals surface area contributed by atoms with Crippen molar-refractivity contribution in [2.24, 2.45) is 11.5 Å². The third-order valence-electron chi connectivity index (χ3n) is 11.3. The van der Waals surface area contributed by atoms with Crippen LogP contribution in [0.2, 0.25) is 10.0 Å². The van der Waals surface area contributed by atoms with E-state index in [1.54, 1.807) is 36.7 Å². The van der Waals surface area contributed by atoms with Gasteiger partial charge in [-0.25, -0.2) is 51.1 Å². The summed E-state index contributed by atoms with van der Waals surface area (Å²) in [7, 11) is -3.98. The molecule has 1 amide bonds. The number of carbonyl (C=O) groups is 1. The largest absolute Gasteiger partial charge is 0.369 e. The lowest BCUT2D eigenvalue weighted by Gasteiger charge is -2.30. The summed E-state index contributed by atoms with van der Waals surface area (Å²) in [6.07, 6.45) is 15.3. The zero-order chi connectivity index (χ0) is 45.1. The summed E-state index contributed by atoms with van der Waals surface area (Å²) in [5.41, 5.74) is 14.1. The fourth-order valence-corrected chi connectivity index (χ4v) is 9.74. The lowest BCUT2D eigenvalue weighted by molar-refractivity contribution is -0.117. The van der Waals surface area contributed by atoms with E-state index in [0.717, 1.165) is 72.3 Å². The molecule has 1 aromatic carbocycles. The number of hydrogen-bond acceptors (Lipinski definition) is 13. The highest BCUT2D eigenvalue weighted by atomic mass is 35.5. The van der Waals surface area contributed by atoms with Crippen LogP contribution in [0.5, 0.6) is 0 Å². The molecule has 64 heavy (non-hydrogen) atoms. The molecular weight excluding hydrogens is 888 g/mol. The van der Waals surface area contributed by atoms with Gasteiger partial charge in [0.1, 0.15) is 5.65 Å². The van der Waals surface area contributed by atoms with Crippen LogP contribution in [-0.2, 0) is 14.8 Å². The van der Waals surface area contributed by atoms with Gasteiger partial charge in [-0.05, 0) is 82.6 Å². The second-order valence-corrected chi connectivity index (χ2v) is 18.7. The maximum atomic E-state index is 14.6. The Morgan fingerprint density at radius 2 is 1.41 bits per heavy atom. The van der Waals surface area contributed by atoms with E-state index in [1.165, 1.54) is 24.5 Å². The van der Waals surface area contributed by atoms with Gasteiger partial charge in [0.15, 0.2) is 40.6 Å². The molecule has 0 spiro atoms. The minimum atomic E-state index is -3.98.